The fourth-order valence-electron chi connectivity index (χ4n) is 1.04. The number of unbranched alkanes of at least 4 members (excludes halogenated alkanes) is 2. The average Bonchev–Trinajstić information content (AvgIpc) is 2.26. The second kappa shape index (κ2) is 10.5. The van der Waals surface area contributed by atoms with Crippen LogP contribution in [0, 0.1) is 0 Å². The Morgan fingerprint density at radius 3 is 2.12 bits per heavy atom. The molecule has 0 aliphatic carbocycles. The number of amides is 1. The fraction of sp³-hybridized carbons (Fsp3) is 0.417. The van der Waals surface area contributed by atoms with Crippen LogP contribution in [0.2, 0.25) is 5.02 Å². The number of hydrogen-bond donors (Lipinski definition) is 2. The number of benzene rings is 1. The summed E-state index contributed by atoms with van der Waals surface area (Å²) >= 11 is 5.54. The normalized spacial score (nSPS) is 9.12. The van der Waals surface area contributed by atoms with E-state index in [0.717, 1.165) is 24.3 Å². The molecule has 0 unspecified atom stereocenters. The van der Waals surface area contributed by atoms with E-state index in [1.54, 1.807) is 0 Å². The molecular weight excluding hydrogens is 224 g/mol. The molecule has 1 aromatic carbocycles. The van der Waals surface area contributed by atoms with Crippen molar-refractivity contribution in [2.45, 2.75) is 25.7 Å². The molecule has 1 aromatic rings. The van der Waals surface area contributed by atoms with Gasteiger partial charge >= 0.3 is 0 Å². The molecule has 0 aliphatic rings. The highest BCUT2D eigenvalue weighted by molar-refractivity contribution is 6.30. The van der Waals surface area contributed by atoms with Gasteiger partial charge in [0.05, 0.1) is 0 Å². The van der Waals surface area contributed by atoms with Gasteiger partial charge in [-0.15, -0.1) is 0 Å². The SMILES string of the molecule is Clc1ccccc1.NCCCCCC(N)=O. The number of carbonyl (C=O) groups is 1. The van der Waals surface area contributed by atoms with Crippen molar-refractivity contribution in [1.29, 1.82) is 0 Å². The predicted molar refractivity (Wildman–Crippen MR) is 68.2 cm³/mol. The summed E-state index contributed by atoms with van der Waals surface area (Å²) in [5.74, 6) is -0.216. The Hall–Kier alpha value is -1.06. The molecule has 0 aromatic heterocycles. The molecule has 3 nitrogen and oxygen atoms in total. The number of rotatable bonds is 5. The first-order valence-electron chi connectivity index (χ1n) is 5.35. The van der Waals surface area contributed by atoms with Gasteiger partial charge in [-0.05, 0) is 31.5 Å². The molecular formula is C12H19ClN2O. The molecule has 1 rings (SSSR count). The summed E-state index contributed by atoms with van der Waals surface area (Å²) in [6.07, 6.45) is 3.39. The zero-order valence-corrected chi connectivity index (χ0v) is 10.1. The third-order valence-electron chi connectivity index (χ3n) is 1.86. The van der Waals surface area contributed by atoms with Crippen molar-refractivity contribution < 1.29 is 4.79 Å². The number of nitrogens with two attached hydrogens (primary N) is 2. The Morgan fingerprint density at radius 2 is 1.75 bits per heavy atom. The van der Waals surface area contributed by atoms with Crippen LogP contribution in [0.5, 0.6) is 0 Å². The highest BCUT2D eigenvalue weighted by atomic mass is 35.5. The molecule has 4 N–H and O–H groups in total. The Labute approximate surface area is 102 Å². The molecule has 0 fully saturated rings. The van der Waals surface area contributed by atoms with Crippen LogP contribution in [0.4, 0.5) is 0 Å². The third kappa shape index (κ3) is 11.0. The molecule has 0 bridgehead atoms. The van der Waals surface area contributed by atoms with E-state index in [4.69, 9.17) is 23.1 Å². The highest BCUT2D eigenvalue weighted by Gasteiger charge is 1.91. The summed E-state index contributed by atoms with van der Waals surface area (Å²) in [4.78, 5) is 10.2. The van der Waals surface area contributed by atoms with Crippen molar-refractivity contribution in [2.24, 2.45) is 11.5 Å². The second-order valence-corrected chi connectivity index (χ2v) is 3.80. The van der Waals surface area contributed by atoms with E-state index in [1.807, 2.05) is 30.3 Å². The first-order chi connectivity index (χ1) is 7.66. The molecule has 0 atom stereocenters. The predicted octanol–water partition coefficient (Wildman–Crippen LogP) is 2.33. The van der Waals surface area contributed by atoms with E-state index >= 15 is 0 Å². The van der Waals surface area contributed by atoms with Crippen molar-refractivity contribution in [3.8, 4) is 0 Å². The fourth-order valence-corrected chi connectivity index (χ4v) is 1.18. The van der Waals surface area contributed by atoms with Gasteiger partial charge in [0.15, 0.2) is 0 Å². The number of halogens is 1. The van der Waals surface area contributed by atoms with Gasteiger partial charge in [-0.25, -0.2) is 0 Å². The van der Waals surface area contributed by atoms with Crippen LogP contribution in [-0.2, 0) is 4.79 Å². The van der Waals surface area contributed by atoms with E-state index < -0.39 is 0 Å². The molecule has 16 heavy (non-hydrogen) atoms. The zero-order chi connectivity index (χ0) is 12.2. The van der Waals surface area contributed by atoms with Gasteiger partial charge in [0.25, 0.3) is 0 Å². The first-order valence-corrected chi connectivity index (χ1v) is 5.73. The third-order valence-corrected chi connectivity index (χ3v) is 2.11. The smallest absolute Gasteiger partial charge is 0.217 e. The Kier molecular flexibility index (Phi) is 9.76. The lowest BCUT2D eigenvalue weighted by atomic mass is 10.2. The average molecular weight is 243 g/mol. The zero-order valence-electron chi connectivity index (χ0n) is 9.36. The summed E-state index contributed by atoms with van der Waals surface area (Å²) in [5, 5.41) is 0.794. The van der Waals surface area contributed by atoms with E-state index in [2.05, 4.69) is 0 Å². The van der Waals surface area contributed by atoms with Gasteiger partial charge in [0.1, 0.15) is 0 Å². The van der Waals surface area contributed by atoms with E-state index in [9.17, 15) is 4.79 Å². The molecule has 90 valence electrons. The standard InChI is InChI=1S/C6H5Cl.C6H14N2O/c7-6-4-2-1-3-5-6;7-5-3-1-2-4-6(8)9/h1-5H;1-5,7H2,(H2,8,9). The van der Waals surface area contributed by atoms with Crippen LogP contribution in [0.15, 0.2) is 30.3 Å². The quantitative estimate of drug-likeness (QED) is 0.778. The van der Waals surface area contributed by atoms with Gasteiger partial charge < -0.3 is 11.5 Å². The monoisotopic (exact) mass is 242 g/mol. The maximum Gasteiger partial charge on any atom is 0.217 e. The molecule has 1 amide bonds. The summed E-state index contributed by atoms with van der Waals surface area (Å²) in [7, 11) is 0. The van der Waals surface area contributed by atoms with Crippen molar-refractivity contribution in [3.05, 3.63) is 35.4 Å². The molecule has 0 aliphatic heterocycles. The minimum absolute atomic E-state index is 0.216. The van der Waals surface area contributed by atoms with Crippen molar-refractivity contribution in [2.75, 3.05) is 6.54 Å². The minimum atomic E-state index is -0.216. The van der Waals surface area contributed by atoms with Crippen LogP contribution in [0.25, 0.3) is 0 Å². The number of primary amides is 1. The van der Waals surface area contributed by atoms with Crippen LogP contribution in [-0.4, -0.2) is 12.5 Å². The highest BCUT2D eigenvalue weighted by Crippen LogP contribution is 2.03. The molecule has 4 heteroatoms. The topological polar surface area (TPSA) is 69.1 Å². The van der Waals surface area contributed by atoms with Crippen LogP contribution in [0.3, 0.4) is 0 Å². The molecule has 0 heterocycles. The van der Waals surface area contributed by atoms with Crippen molar-refractivity contribution >= 4 is 17.5 Å². The first kappa shape index (κ1) is 14.9. The van der Waals surface area contributed by atoms with E-state index in [0.29, 0.717) is 13.0 Å². The van der Waals surface area contributed by atoms with Crippen LogP contribution < -0.4 is 11.5 Å². The largest absolute Gasteiger partial charge is 0.370 e. The Bertz CT molecular complexity index is 278. The van der Waals surface area contributed by atoms with Gasteiger partial charge in [-0.1, -0.05) is 36.2 Å². The van der Waals surface area contributed by atoms with Gasteiger partial charge in [0, 0.05) is 11.4 Å². The Morgan fingerprint density at radius 1 is 1.12 bits per heavy atom. The van der Waals surface area contributed by atoms with Gasteiger partial charge in [-0.3, -0.25) is 4.79 Å². The minimum Gasteiger partial charge on any atom is -0.370 e. The number of hydrogen-bond acceptors (Lipinski definition) is 2. The lowest BCUT2D eigenvalue weighted by Gasteiger charge is -1.93. The summed E-state index contributed by atoms with van der Waals surface area (Å²) in [6.45, 7) is 0.707. The summed E-state index contributed by atoms with van der Waals surface area (Å²) in [6, 6.07) is 9.44. The Balaban J connectivity index is 0.000000288. The molecule has 0 spiro atoms. The molecule has 0 saturated carbocycles. The summed E-state index contributed by atoms with van der Waals surface area (Å²) < 4.78 is 0. The van der Waals surface area contributed by atoms with Crippen molar-refractivity contribution in [1.82, 2.24) is 0 Å². The van der Waals surface area contributed by atoms with E-state index in [1.165, 1.54) is 0 Å². The molecule has 0 saturated heterocycles. The van der Waals surface area contributed by atoms with E-state index in [-0.39, 0.29) is 5.91 Å². The maximum absolute atomic E-state index is 10.2. The van der Waals surface area contributed by atoms with Crippen LogP contribution in [0.1, 0.15) is 25.7 Å². The van der Waals surface area contributed by atoms with Gasteiger partial charge in [0.2, 0.25) is 5.91 Å². The lowest BCUT2D eigenvalue weighted by molar-refractivity contribution is -0.118. The summed E-state index contributed by atoms with van der Waals surface area (Å²) in [5.41, 5.74) is 10.1. The van der Waals surface area contributed by atoms with Gasteiger partial charge in [-0.2, -0.15) is 0 Å². The molecule has 0 radical (unpaired) electrons. The lowest BCUT2D eigenvalue weighted by Crippen LogP contribution is -2.09. The van der Waals surface area contributed by atoms with Crippen molar-refractivity contribution in [3.63, 3.8) is 0 Å². The second-order valence-electron chi connectivity index (χ2n) is 3.36. The maximum atomic E-state index is 10.2. The van der Waals surface area contributed by atoms with Crippen LogP contribution >= 0.6 is 11.6 Å². The number of carbonyl (C=O) groups excluding carboxylic acids is 1.